The predicted molar refractivity (Wildman–Crippen MR) is 129 cm³/mol. The maximum atomic E-state index is 12.3. The van der Waals surface area contributed by atoms with E-state index < -0.39 is 16.9 Å². The fraction of sp³-hybridized carbons (Fsp3) is 0.400. The lowest BCUT2D eigenvalue weighted by molar-refractivity contribution is -0.389. The Morgan fingerprint density at radius 1 is 1.08 bits per heavy atom. The Labute approximate surface area is 215 Å². The molecule has 2 aliphatic rings. The highest BCUT2D eigenvalue weighted by molar-refractivity contribution is 5.49. The van der Waals surface area contributed by atoms with E-state index in [1.807, 2.05) is 31.2 Å². The summed E-state index contributed by atoms with van der Waals surface area (Å²) in [6.07, 6.45) is -1.87. The second kappa shape index (κ2) is 9.95. The molecule has 202 valence electrons. The molecule has 10 nitrogen and oxygen atoms in total. The number of alkyl halides is 3. The first kappa shape index (κ1) is 25.5. The summed E-state index contributed by atoms with van der Waals surface area (Å²) in [5, 5.41) is 10.9. The summed E-state index contributed by atoms with van der Waals surface area (Å²) in [5.41, 5.74) is 0.351. The third-order valence-corrected chi connectivity index (χ3v) is 6.30. The molecule has 0 amide bonds. The number of hydrogen-bond donors (Lipinski definition) is 0. The monoisotopic (exact) mass is 535 g/mol. The second-order valence-electron chi connectivity index (χ2n) is 9.42. The van der Waals surface area contributed by atoms with Gasteiger partial charge in [0.05, 0.1) is 6.54 Å². The van der Waals surface area contributed by atoms with Gasteiger partial charge in [0.1, 0.15) is 36.2 Å². The number of aromatic nitrogens is 2. The Morgan fingerprint density at radius 2 is 1.71 bits per heavy atom. The first-order valence-electron chi connectivity index (χ1n) is 12.0. The lowest BCUT2D eigenvalue weighted by atomic mass is 10.1. The number of hydrogen-bond acceptors (Lipinski definition) is 8. The molecule has 0 N–H and O–H groups in total. The Balaban J connectivity index is 1.07. The molecular weight excluding hydrogens is 510 g/mol. The minimum absolute atomic E-state index is 0.0356. The van der Waals surface area contributed by atoms with Crippen LogP contribution in [0, 0.1) is 10.1 Å². The normalized spacial score (nSPS) is 19.5. The summed E-state index contributed by atoms with van der Waals surface area (Å²) in [6, 6.07) is 13.3. The van der Waals surface area contributed by atoms with Crippen molar-refractivity contribution in [3.63, 3.8) is 0 Å². The summed E-state index contributed by atoms with van der Waals surface area (Å²) in [5.74, 6) is 0.643. The van der Waals surface area contributed by atoms with Crippen molar-refractivity contribution in [1.82, 2.24) is 9.55 Å². The number of benzene rings is 2. The van der Waals surface area contributed by atoms with Crippen molar-refractivity contribution in [1.29, 1.82) is 0 Å². The zero-order chi connectivity index (χ0) is 26.9. The van der Waals surface area contributed by atoms with Gasteiger partial charge in [-0.1, -0.05) is 0 Å². The summed E-state index contributed by atoms with van der Waals surface area (Å²) in [7, 11) is 0. The van der Waals surface area contributed by atoms with E-state index in [9.17, 15) is 23.3 Å². The van der Waals surface area contributed by atoms with Crippen molar-refractivity contribution in [3.8, 4) is 23.3 Å². The van der Waals surface area contributed by atoms with Gasteiger partial charge in [0, 0.05) is 36.6 Å². The molecule has 0 unspecified atom stereocenters. The fourth-order valence-electron chi connectivity index (χ4n) is 4.49. The van der Waals surface area contributed by atoms with Crippen LogP contribution in [0.2, 0.25) is 0 Å². The van der Waals surface area contributed by atoms with E-state index in [0.29, 0.717) is 18.0 Å². The molecule has 0 bridgehead atoms. The number of piperidine rings is 1. The molecule has 0 saturated carbocycles. The van der Waals surface area contributed by atoms with Crippen LogP contribution in [0.15, 0.2) is 54.7 Å². The smallest absolute Gasteiger partial charge is 0.490 e. The van der Waals surface area contributed by atoms with Crippen molar-refractivity contribution in [3.05, 3.63) is 64.8 Å². The van der Waals surface area contributed by atoms with E-state index in [0.717, 1.165) is 31.6 Å². The van der Waals surface area contributed by atoms with Crippen molar-refractivity contribution >= 4 is 11.5 Å². The van der Waals surface area contributed by atoms with Crippen LogP contribution < -0.4 is 23.8 Å². The Bertz CT molecular complexity index is 1250. The Kier molecular flexibility index (Phi) is 6.67. The van der Waals surface area contributed by atoms with E-state index in [2.05, 4.69) is 14.6 Å². The van der Waals surface area contributed by atoms with Gasteiger partial charge in [0.25, 0.3) is 0 Å². The van der Waals surface area contributed by atoms with Crippen molar-refractivity contribution in [2.75, 3.05) is 24.6 Å². The van der Waals surface area contributed by atoms with Crippen molar-refractivity contribution in [2.24, 2.45) is 0 Å². The van der Waals surface area contributed by atoms with Crippen LogP contribution >= 0.6 is 0 Å². The molecule has 2 aromatic carbocycles. The van der Waals surface area contributed by atoms with E-state index in [1.54, 1.807) is 4.57 Å². The first-order chi connectivity index (χ1) is 18.1. The van der Waals surface area contributed by atoms with Crippen LogP contribution in [-0.4, -0.2) is 52.2 Å². The van der Waals surface area contributed by atoms with Crippen LogP contribution in [0.5, 0.6) is 23.3 Å². The quantitative estimate of drug-likeness (QED) is 0.227. The lowest BCUT2D eigenvalue weighted by Crippen LogP contribution is -2.38. The second-order valence-corrected chi connectivity index (χ2v) is 9.42. The molecule has 13 heteroatoms. The van der Waals surface area contributed by atoms with Gasteiger partial charge >= 0.3 is 18.2 Å². The van der Waals surface area contributed by atoms with Crippen molar-refractivity contribution < 1.29 is 37.0 Å². The SMILES string of the molecule is C[C@]1(COc2ccc(N3CCC(Oc4ccc(OC(F)(F)F)cc4)CC3)cc2)Cn2cc([15N+](=O)[O-])nc2O1. The third kappa shape index (κ3) is 6.03. The molecule has 0 spiro atoms. The number of ether oxygens (including phenoxy) is 4. The highest BCUT2D eigenvalue weighted by atomic mass is 19.4. The van der Waals surface area contributed by atoms with Crippen LogP contribution in [0.25, 0.3) is 0 Å². The van der Waals surface area contributed by atoms with Crippen LogP contribution in [0.3, 0.4) is 0 Å². The fourth-order valence-corrected chi connectivity index (χ4v) is 4.49. The molecule has 38 heavy (non-hydrogen) atoms. The molecule has 3 heterocycles. The topological polar surface area (TPSA) is 101 Å². The Hall–Kier alpha value is -4.16. The molecular formula is C25H25F3N4O6. The van der Waals surface area contributed by atoms with Gasteiger partial charge < -0.3 is 34.0 Å². The van der Waals surface area contributed by atoms with E-state index in [-0.39, 0.29) is 30.3 Å². The number of nitro groups is 1. The van der Waals surface area contributed by atoms with Gasteiger partial charge in [-0.2, -0.15) is 0 Å². The first-order valence-corrected chi connectivity index (χ1v) is 12.0. The van der Waals surface area contributed by atoms with Gasteiger partial charge in [-0.25, -0.2) is 0 Å². The molecule has 2 aliphatic heterocycles. The van der Waals surface area contributed by atoms with E-state index in [1.165, 1.54) is 30.5 Å². The summed E-state index contributed by atoms with van der Waals surface area (Å²) in [6.45, 7) is 4.03. The number of halogens is 3. The average molecular weight is 535 g/mol. The van der Waals surface area contributed by atoms with Gasteiger partial charge in [0.15, 0.2) is 5.60 Å². The number of nitrogens with zero attached hydrogens (tertiary/aromatic N) is 4. The largest absolute Gasteiger partial charge is 0.573 e. The number of fused-ring (bicyclic) bond motifs is 1. The number of rotatable bonds is 8. The standard InChI is InChI=1S/C25H25F3N4O6/c1-24(15-31-14-22(32(33)34)29-23(31)38-24)16-35-18-4-2-17(3-5-18)30-12-10-20(11-13-30)36-19-6-8-21(9-7-19)37-25(26,27)28/h2-9,14,20H,10-13,15-16H2,1H3/t24-/m1/s1/i32+1. The summed E-state index contributed by atoms with van der Waals surface area (Å²) in [4.78, 5) is 16.4. The zero-order valence-corrected chi connectivity index (χ0v) is 20.4. The lowest BCUT2D eigenvalue weighted by Gasteiger charge is -2.33. The highest BCUT2D eigenvalue weighted by Crippen LogP contribution is 2.32. The van der Waals surface area contributed by atoms with Crippen LogP contribution in [0.4, 0.5) is 24.7 Å². The highest BCUT2D eigenvalue weighted by Gasteiger charge is 2.41. The average Bonchev–Trinajstić information content (AvgIpc) is 3.40. The molecule has 1 saturated heterocycles. The maximum absolute atomic E-state index is 12.3. The third-order valence-electron chi connectivity index (χ3n) is 6.30. The predicted octanol–water partition coefficient (Wildman–Crippen LogP) is 4.97. The van der Waals surface area contributed by atoms with Gasteiger partial charge in [0.2, 0.25) is 0 Å². The molecule has 1 atom stereocenters. The van der Waals surface area contributed by atoms with Gasteiger partial charge in [-0.15, -0.1) is 13.2 Å². The van der Waals surface area contributed by atoms with E-state index in [4.69, 9.17) is 14.2 Å². The minimum Gasteiger partial charge on any atom is -0.490 e. The molecule has 0 radical (unpaired) electrons. The van der Waals surface area contributed by atoms with E-state index >= 15 is 0 Å². The van der Waals surface area contributed by atoms with Crippen LogP contribution in [0.1, 0.15) is 19.8 Å². The molecule has 1 aromatic heterocycles. The number of anilines is 1. The molecule has 5 rings (SSSR count). The maximum Gasteiger partial charge on any atom is 0.573 e. The van der Waals surface area contributed by atoms with Gasteiger partial charge in [-0.05, 0) is 60.4 Å². The number of imidazole rings is 1. The minimum atomic E-state index is -4.72. The molecule has 3 aromatic rings. The zero-order valence-electron chi connectivity index (χ0n) is 20.4. The summed E-state index contributed by atoms with van der Waals surface area (Å²) >= 11 is 0. The Morgan fingerprint density at radius 3 is 2.32 bits per heavy atom. The van der Waals surface area contributed by atoms with Crippen LogP contribution in [-0.2, 0) is 6.54 Å². The van der Waals surface area contributed by atoms with Gasteiger partial charge in [-0.3, -0.25) is 4.57 Å². The summed E-state index contributed by atoms with van der Waals surface area (Å²) < 4.78 is 60.1. The molecule has 0 aliphatic carbocycles. The molecule has 1 fully saturated rings. The van der Waals surface area contributed by atoms with Crippen molar-refractivity contribution in [2.45, 2.75) is 44.4 Å².